The fourth-order valence-corrected chi connectivity index (χ4v) is 8.68. The molecule has 0 aliphatic rings. The highest BCUT2D eigenvalue weighted by Crippen LogP contribution is 2.26. The molecule has 12 rings (SSSR count). The monoisotopic (exact) mass is 1120 g/mol. The molecule has 0 amide bonds. The van der Waals surface area contributed by atoms with Gasteiger partial charge >= 0.3 is 0 Å². The average molecular weight is 1120 g/mol. The van der Waals surface area contributed by atoms with Crippen LogP contribution in [0.25, 0.3) is 43.1 Å². The van der Waals surface area contributed by atoms with Crippen LogP contribution in [0.1, 0.15) is 41.4 Å². The van der Waals surface area contributed by atoms with E-state index in [4.69, 9.17) is 18.9 Å². The number of aromatic amines is 4. The SMILES string of the molecule is O=C(COc1cccc2c(=O)[nH]ccc12)c1ccccc1.O=C(COc1cccc2c(=O)[nH]ccc12)c1ccccc1.O=C(COc1cccc2c(=O)[nH]ccc12)c1ccccc1.O=C(COc1cccc2c(=O)[nH]ccc12)c1ccccc1. The van der Waals surface area contributed by atoms with Gasteiger partial charge in [-0.3, -0.25) is 38.4 Å². The summed E-state index contributed by atoms with van der Waals surface area (Å²) in [5.41, 5.74) is 1.73. The minimum absolute atomic E-state index is 0.0596. The minimum atomic E-state index is -0.174. The van der Waals surface area contributed by atoms with E-state index in [0.717, 1.165) is 0 Å². The number of hydrogen-bond donors (Lipinski definition) is 4. The summed E-state index contributed by atoms with van der Waals surface area (Å²) < 4.78 is 22.4. The van der Waals surface area contributed by atoms with E-state index in [0.29, 0.717) is 88.3 Å². The molecule has 8 aromatic carbocycles. The number of aromatic nitrogens is 4. The zero-order valence-corrected chi connectivity index (χ0v) is 44.8. The molecule has 0 fully saturated rings. The number of hydrogen-bond acceptors (Lipinski definition) is 12. The molecule has 0 saturated heterocycles. The number of pyridine rings is 4. The van der Waals surface area contributed by atoms with Gasteiger partial charge in [0.15, 0.2) is 49.6 Å². The molecule has 0 saturated carbocycles. The summed E-state index contributed by atoms with van der Waals surface area (Å²) in [6.45, 7) is -0.238. The van der Waals surface area contributed by atoms with E-state index in [1.165, 1.54) is 0 Å². The molecule has 16 heteroatoms. The van der Waals surface area contributed by atoms with Crippen LogP contribution < -0.4 is 41.2 Å². The highest BCUT2D eigenvalue weighted by molar-refractivity contribution is 6.00. The molecule has 0 unspecified atom stereocenters. The molecule has 4 N–H and O–H groups in total. The van der Waals surface area contributed by atoms with Gasteiger partial charge in [-0.05, 0) is 72.8 Å². The van der Waals surface area contributed by atoms with Crippen LogP contribution in [0.3, 0.4) is 0 Å². The first-order valence-electron chi connectivity index (χ1n) is 26.3. The van der Waals surface area contributed by atoms with E-state index in [1.54, 1.807) is 170 Å². The van der Waals surface area contributed by atoms with Crippen LogP contribution in [-0.2, 0) is 0 Å². The second kappa shape index (κ2) is 28.1. The second-order valence-corrected chi connectivity index (χ2v) is 18.4. The number of ketones is 4. The largest absolute Gasteiger partial charge is 0.485 e. The number of ether oxygens (including phenoxy) is 4. The van der Waals surface area contributed by atoms with E-state index < -0.39 is 0 Å². The number of nitrogens with one attached hydrogen (secondary N) is 4. The smallest absolute Gasteiger partial charge is 0.255 e. The van der Waals surface area contributed by atoms with Crippen LogP contribution in [0.5, 0.6) is 23.0 Å². The van der Waals surface area contributed by atoms with Gasteiger partial charge in [-0.2, -0.15) is 0 Å². The number of carbonyl (C=O) groups is 4. The molecule has 0 bridgehead atoms. The van der Waals surface area contributed by atoms with Crippen LogP contribution in [-0.4, -0.2) is 69.5 Å². The summed E-state index contributed by atoms with van der Waals surface area (Å²) in [6.07, 6.45) is 6.26. The van der Waals surface area contributed by atoms with Gasteiger partial charge in [0.05, 0.1) is 21.5 Å². The van der Waals surface area contributed by atoms with Crippen LogP contribution in [0.2, 0.25) is 0 Å². The van der Waals surface area contributed by atoms with Crippen molar-refractivity contribution in [3.05, 3.63) is 307 Å². The number of H-pyrrole nitrogens is 4. The summed E-state index contributed by atoms with van der Waals surface area (Å²) >= 11 is 0. The zero-order valence-electron chi connectivity index (χ0n) is 44.8. The molecule has 0 aliphatic carbocycles. The van der Waals surface area contributed by atoms with E-state index >= 15 is 0 Å². The number of rotatable bonds is 16. The average Bonchev–Trinajstić information content (AvgIpc) is 3.74. The number of fused-ring (bicyclic) bond motifs is 4. The highest BCUT2D eigenvalue weighted by atomic mass is 16.5. The van der Waals surface area contributed by atoms with Crippen molar-refractivity contribution in [1.29, 1.82) is 0 Å². The summed E-state index contributed by atoms with van der Waals surface area (Å²) in [5.74, 6) is 1.72. The van der Waals surface area contributed by atoms with Gasteiger partial charge < -0.3 is 38.9 Å². The third-order valence-electron chi connectivity index (χ3n) is 12.9. The quantitative estimate of drug-likeness (QED) is 0.0661. The topological polar surface area (TPSA) is 237 Å². The molecule has 0 radical (unpaired) electrons. The molecule has 4 heterocycles. The Labute approximate surface area is 478 Å². The first-order valence-corrected chi connectivity index (χ1v) is 26.3. The molecule has 416 valence electrons. The second-order valence-electron chi connectivity index (χ2n) is 18.4. The lowest BCUT2D eigenvalue weighted by Crippen LogP contribution is -2.12. The van der Waals surface area contributed by atoms with Crippen LogP contribution in [0.4, 0.5) is 0 Å². The first-order chi connectivity index (χ1) is 41.0. The Hall–Kier alpha value is -11.5. The van der Waals surface area contributed by atoms with E-state index in [9.17, 15) is 38.4 Å². The van der Waals surface area contributed by atoms with Gasteiger partial charge in [-0.1, -0.05) is 146 Å². The van der Waals surface area contributed by atoms with Gasteiger partial charge in [-0.25, -0.2) is 0 Å². The van der Waals surface area contributed by atoms with Gasteiger partial charge in [-0.15, -0.1) is 0 Å². The van der Waals surface area contributed by atoms with Crippen molar-refractivity contribution in [1.82, 2.24) is 19.9 Å². The predicted molar refractivity (Wildman–Crippen MR) is 323 cm³/mol. The lowest BCUT2D eigenvalue weighted by atomic mass is 10.1. The van der Waals surface area contributed by atoms with Crippen molar-refractivity contribution >= 4 is 66.2 Å². The minimum Gasteiger partial charge on any atom is -0.485 e. The molecule has 4 aromatic heterocycles. The van der Waals surface area contributed by atoms with Crippen molar-refractivity contribution in [3.63, 3.8) is 0 Å². The molecule has 0 spiro atoms. The maximum atomic E-state index is 12.0. The van der Waals surface area contributed by atoms with Crippen molar-refractivity contribution in [3.8, 4) is 23.0 Å². The Morgan fingerprint density at radius 1 is 0.238 bits per heavy atom. The molecule has 0 atom stereocenters. The fourth-order valence-electron chi connectivity index (χ4n) is 8.68. The Bertz CT molecular complexity index is 3930. The maximum absolute atomic E-state index is 12.0. The summed E-state index contributed by atoms with van der Waals surface area (Å²) in [7, 11) is 0. The lowest BCUT2D eigenvalue weighted by molar-refractivity contribution is 0.0916. The maximum Gasteiger partial charge on any atom is 0.255 e. The summed E-state index contributed by atoms with van der Waals surface area (Å²) in [6, 6.07) is 63.8. The van der Waals surface area contributed by atoms with Gasteiger partial charge in [0.25, 0.3) is 22.2 Å². The Balaban J connectivity index is 0.000000134. The Kier molecular flexibility index (Phi) is 19.1. The molecule has 16 nitrogen and oxygen atoms in total. The van der Waals surface area contributed by atoms with Crippen LogP contribution >= 0.6 is 0 Å². The highest BCUT2D eigenvalue weighted by Gasteiger charge is 2.13. The van der Waals surface area contributed by atoms with Crippen LogP contribution in [0.15, 0.2) is 262 Å². The Morgan fingerprint density at radius 2 is 0.440 bits per heavy atom. The first kappa shape index (κ1) is 57.2. The number of Topliss-reactive ketones (excluding diaryl/α,β-unsaturated/α-hetero) is 4. The van der Waals surface area contributed by atoms with E-state index in [2.05, 4.69) is 19.9 Å². The van der Waals surface area contributed by atoms with Crippen molar-refractivity contribution in [2.75, 3.05) is 26.4 Å². The van der Waals surface area contributed by atoms with Crippen molar-refractivity contribution in [2.45, 2.75) is 0 Å². The summed E-state index contributed by atoms with van der Waals surface area (Å²) in [5, 5.41) is 4.96. The van der Waals surface area contributed by atoms with Crippen molar-refractivity contribution in [2.24, 2.45) is 0 Å². The van der Waals surface area contributed by atoms with Gasteiger partial charge in [0, 0.05) is 68.6 Å². The fraction of sp³-hybridized carbons (Fsp3) is 0.0588. The third kappa shape index (κ3) is 14.6. The van der Waals surface area contributed by atoms with E-state index in [-0.39, 0.29) is 71.8 Å². The zero-order chi connectivity index (χ0) is 58.6. The molecular formula is C68H52N4O12. The normalized spacial score (nSPS) is 10.5. The molecule has 0 aliphatic heterocycles. The Morgan fingerprint density at radius 3 is 0.643 bits per heavy atom. The predicted octanol–water partition coefficient (Wildman–Crippen LogP) is 11.2. The van der Waals surface area contributed by atoms with E-state index in [1.807, 2.05) is 72.8 Å². The number of benzene rings is 8. The lowest BCUT2D eigenvalue weighted by Gasteiger charge is -2.08. The van der Waals surface area contributed by atoms with Gasteiger partial charge in [0.2, 0.25) is 0 Å². The number of carbonyl (C=O) groups excluding carboxylic acids is 4. The molecular weight excluding hydrogens is 1060 g/mol. The molecule has 12 aromatic rings. The van der Waals surface area contributed by atoms with Crippen LogP contribution in [0, 0.1) is 0 Å². The van der Waals surface area contributed by atoms with Gasteiger partial charge in [0.1, 0.15) is 23.0 Å². The standard InChI is InChI=1S/4C17H13NO3/c4*19-15(12-5-2-1-3-6-12)11-21-16-8-4-7-14-13(16)9-10-18-17(14)20/h4*1-10H,11H2,(H,18,20). The molecule has 84 heavy (non-hydrogen) atoms. The summed E-state index contributed by atoms with van der Waals surface area (Å²) in [4.78, 5) is 105. The third-order valence-corrected chi connectivity index (χ3v) is 12.9. The van der Waals surface area contributed by atoms with Crippen molar-refractivity contribution < 1.29 is 38.1 Å².